The van der Waals surface area contributed by atoms with Gasteiger partial charge < -0.3 is 5.11 Å². The zero-order chi connectivity index (χ0) is 11.5. The van der Waals surface area contributed by atoms with Gasteiger partial charge in [0.05, 0.1) is 12.8 Å². The Morgan fingerprint density at radius 2 is 2.00 bits per heavy atom. The van der Waals surface area contributed by atoms with Crippen molar-refractivity contribution >= 4 is 0 Å². The number of aryl methyl sites for hydroxylation is 1. The Kier molecular flexibility index (Phi) is 2.97. The highest BCUT2D eigenvalue weighted by molar-refractivity contribution is 5.63. The number of nitrogens with zero attached hydrogens (tertiary/aromatic N) is 1. The molecule has 0 aliphatic rings. The molecule has 0 fully saturated rings. The number of aromatic nitrogens is 1. The van der Waals surface area contributed by atoms with Crippen LogP contribution in [-0.4, -0.2) is 10.1 Å². The van der Waals surface area contributed by atoms with Gasteiger partial charge in [-0.3, -0.25) is 4.98 Å². The van der Waals surface area contributed by atoms with Crippen molar-refractivity contribution in [2.24, 2.45) is 0 Å². The van der Waals surface area contributed by atoms with Gasteiger partial charge in [-0.15, -0.1) is 0 Å². The Hall–Kier alpha value is -1.74. The maximum absolute atomic E-state index is 13.0. The van der Waals surface area contributed by atoms with Crippen LogP contribution in [0.15, 0.2) is 36.7 Å². The Bertz CT molecular complexity index is 511. The third kappa shape index (κ3) is 2.09. The van der Waals surface area contributed by atoms with Gasteiger partial charge in [0.15, 0.2) is 0 Å². The van der Waals surface area contributed by atoms with E-state index in [-0.39, 0.29) is 12.4 Å². The lowest BCUT2D eigenvalue weighted by atomic mass is 10.0. The van der Waals surface area contributed by atoms with E-state index in [1.807, 2.05) is 25.1 Å². The topological polar surface area (TPSA) is 33.1 Å². The van der Waals surface area contributed by atoms with Crippen molar-refractivity contribution < 1.29 is 9.50 Å². The van der Waals surface area contributed by atoms with Gasteiger partial charge in [0.25, 0.3) is 0 Å². The Labute approximate surface area is 93.4 Å². The number of halogens is 1. The van der Waals surface area contributed by atoms with Crippen LogP contribution >= 0.6 is 0 Å². The zero-order valence-corrected chi connectivity index (χ0v) is 8.94. The van der Waals surface area contributed by atoms with E-state index in [4.69, 9.17) is 5.11 Å². The average molecular weight is 217 g/mol. The summed E-state index contributed by atoms with van der Waals surface area (Å²) in [5.74, 6) is -0.358. The molecule has 1 aromatic heterocycles. The Morgan fingerprint density at radius 1 is 1.19 bits per heavy atom. The minimum atomic E-state index is -0.358. The zero-order valence-electron chi connectivity index (χ0n) is 8.94. The van der Waals surface area contributed by atoms with Crippen LogP contribution < -0.4 is 0 Å². The molecule has 2 rings (SSSR count). The lowest BCUT2D eigenvalue weighted by Crippen LogP contribution is -1.90. The first-order valence-electron chi connectivity index (χ1n) is 5.02. The summed E-state index contributed by atoms with van der Waals surface area (Å²) in [6, 6.07) is 7.08. The number of pyridine rings is 1. The summed E-state index contributed by atoms with van der Waals surface area (Å²) in [6.07, 6.45) is 2.78. The number of hydrogen-bond donors (Lipinski definition) is 1. The molecule has 2 nitrogen and oxygen atoms in total. The van der Waals surface area contributed by atoms with Crippen LogP contribution in [0.2, 0.25) is 0 Å². The predicted molar refractivity (Wildman–Crippen MR) is 60.3 cm³/mol. The summed E-state index contributed by atoms with van der Waals surface area (Å²) in [5, 5.41) is 9.15. The number of aliphatic hydroxyl groups is 1. The molecule has 0 radical (unpaired) electrons. The van der Waals surface area contributed by atoms with Gasteiger partial charge >= 0.3 is 0 Å². The second kappa shape index (κ2) is 4.41. The smallest absolute Gasteiger partial charge is 0.142 e. The predicted octanol–water partition coefficient (Wildman–Crippen LogP) is 2.69. The minimum Gasteiger partial charge on any atom is -0.392 e. The molecule has 1 N–H and O–H groups in total. The molecular formula is C13H12FNO. The molecule has 0 bridgehead atoms. The highest BCUT2D eigenvalue weighted by Gasteiger charge is 2.03. The first kappa shape index (κ1) is 10.8. The van der Waals surface area contributed by atoms with E-state index in [2.05, 4.69) is 4.98 Å². The summed E-state index contributed by atoms with van der Waals surface area (Å²) in [7, 11) is 0. The van der Waals surface area contributed by atoms with Crippen molar-refractivity contribution in [3.05, 3.63) is 53.6 Å². The molecule has 0 amide bonds. The fraction of sp³-hybridized carbons (Fsp3) is 0.154. The van der Waals surface area contributed by atoms with Crippen LogP contribution in [0, 0.1) is 12.7 Å². The van der Waals surface area contributed by atoms with E-state index in [1.54, 1.807) is 6.20 Å². The van der Waals surface area contributed by atoms with Crippen molar-refractivity contribution in [2.45, 2.75) is 13.5 Å². The molecule has 0 aliphatic carbocycles. The molecule has 2 aromatic rings. The van der Waals surface area contributed by atoms with Gasteiger partial charge in [0.2, 0.25) is 0 Å². The lowest BCUT2D eigenvalue weighted by molar-refractivity contribution is 0.281. The average Bonchev–Trinajstić information content (AvgIpc) is 2.29. The fourth-order valence-corrected chi connectivity index (χ4v) is 1.59. The second-order valence-corrected chi connectivity index (χ2v) is 3.69. The molecule has 1 heterocycles. The largest absolute Gasteiger partial charge is 0.392 e. The standard InChI is InChI=1S/C13H12FNO/c1-9-2-3-10(4-12(9)8-16)11-5-13(14)7-15-6-11/h2-7,16H,8H2,1H3. The highest BCUT2D eigenvalue weighted by Crippen LogP contribution is 2.22. The van der Waals surface area contributed by atoms with Gasteiger partial charge in [-0.1, -0.05) is 12.1 Å². The summed E-state index contributed by atoms with van der Waals surface area (Å²) in [6.45, 7) is 1.92. The van der Waals surface area contributed by atoms with Gasteiger partial charge in [0, 0.05) is 11.8 Å². The van der Waals surface area contributed by atoms with Crippen molar-refractivity contribution in [2.75, 3.05) is 0 Å². The van der Waals surface area contributed by atoms with Crippen LogP contribution in [0.5, 0.6) is 0 Å². The first-order chi connectivity index (χ1) is 7.70. The van der Waals surface area contributed by atoms with Crippen molar-refractivity contribution in [1.29, 1.82) is 0 Å². The highest BCUT2D eigenvalue weighted by atomic mass is 19.1. The molecular weight excluding hydrogens is 205 g/mol. The summed E-state index contributed by atoms with van der Waals surface area (Å²) in [5.41, 5.74) is 3.45. The van der Waals surface area contributed by atoms with Crippen LogP contribution in [0.3, 0.4) is 0 Å². The minimum absolute atomic E-state index is 0.0115. The van der Waals surface area contributed by atoms with Crippen LogP contribution in [-0.2, 0) is 6.61 Å². The van der Waals surface area contributed by atoms with Crippen LogP contribution in [0.25, 0.3) is 11.1 Å². The molecule has 3 heteroatoms. The molecule has 16 heavy (non-hydrogen) atoms. The molecule has 1 aromatic carbocycles. The summed E-state index contributed by atoms with van der Waals surface area (Å²) in [4.78, 5) is 3.80. The molecule has 0 saturated heterocycles. The third-order valence-corrected chi connectivity index (χ3v) is 2.56. The van der Waals surface area contributed by atoms with Gasteiger partial charge in [0.1, 0.15) is 5.82 Å². The second-order valence-electron chi connectivity index (χ2n) is 3.69. The quantitative estimate of drug-likeness (QED) is 0.839. The Morgan fingerprint density at radius 3 is 2.69 bits per heavy atom. The van der Waals surface area contributed by atoms with Gasteiger partial charge in [-0.2, -0.15) is 0 Å². The summed E-state index contributed by atoms with van der Waals surface area (Å²) < 4.78 is 13.0. The third-order valence-electron chi connectivity index (χ3n) is 2.56. The van der Waals surface area contributed by atoms with E-state index in [9.17, 15) is 4.39 Å². The molecule has 0 unspecified atom stereocenters. The van der Waals surface area contributed by atoms with E-state index < -0.39 is 0 Å². The molecule has 0 spiro atoms. The fourth-order valence-electron chi connectivity index (χ4n) is 1.59. The van der Waals surface area contributed by atoms with Crippen molar-refractivity contribution in [1.82, 2.24) is 4.98 Å². The van der Waals surface area contributed by atoms with Crippen molar-refractivity contribution in [3.63, 3.8) is 0 Å². The number of rotatable bonds is 2. The van der Waals surface area contributed by atoms with E-state index in [0.717, 1.165) is 22.3 Å². The van der Waals surface area contributed by atoms with Crippen molar-refractivity contribution in [3.8, 4) is 11.1 Å². The lowest BCUT2D eigenvalue weighted by Gasteiger charge is -2.06. The Balaban J connectivity index is 2.48. The number of hydrogen-bond acceptors (Lipinski definition) is 2. The molecule has 82 valence electrons. The first-order valence-corrected chi connectivity index (χ1v) is 5.02. The normalized spacial score (nSPS) is 10.4. The molecule has 0 saturated carbocycles. The van der Waals surface area contributed by atoms with Gasteiger partial charge in [-0.25, -0.2) is 4.39 Å². The van der Waals surface area contributed by atoms with E-state index in [0.29, 0.717) is 0 Å². The van der Waals surface area contributed by atoms with E-state index in [1.165, 1.54) is 12.3 Å². The van der Waals surface area contributed by atoms with Crippen LogP contribution in [0.1, 0.15) is 11.1 Å². The van der Waals surface area contributed by atoms with Crippen LogP contribution in [0.4, 0.5) is 4.39 Å². The number of aliphatic hydroxyl groups excluding tert-OH is 1. The molecule has 0 atom stereocenters. The van der Waals surface area contributed by atoms with E-state index >= 15 is 0 Å². The van der Waals surface area contributed by atoms with Gasteiger partial charge in [-0.05, 0) is 35.7 Å². The maximum Gasteiger partial charge on any atom is 0.142 e. The monoisotopic (exact) mass is 217 g/mol. The summed E-state index contributed by atoms with van der Waals surface area (Å²) >= 11 is 0. The number of benzene rings is 1. The SMILES string of the molecule is Cc1ccc(-c2cncc(F)c2)cc1CO. The maximum atomic E-state index is 13.0. The molecule has 0 aliphatic heterocycles.